The lowest BCUT2D eigenvalue weighted by molar-refractivity contribution is 0.0772. The van der Waals surface area contributed by atoms with E-state index in [1.54, 1.807) is 23.6 Å². The first-order valence-corrected chi connectivity index (χ1v) is 12.9. The number of anilines is 2. The minimum Gasteiger partial charge on any atom is -0.335 e. The largest absolute Gasteiger partial charge is 0.335 e. The molecule has 0 aliphatic carbocycles. The fourth-order valence-corrected chi connectivity index (χ4v) is 5.66. The van der Waals surface area contributed by atoms with Gasteiger partial charge in [-0.15, -0.1) is 22.7 Å². The maximum atomic E-state index is 13.0. The number of thiazole rings is 2. The zero-order valence-electron chi connectivity index (χ0n) is 18.7. The number of carbonyl (C=O) groups is 1. The van der Waals surface area contributed by atoms with Gasteiger partial charge in [0.05, 0.1) is 26.8 Å². The van der Waals surface area contributed by atoms with Crippen molar-refractivity contribution in [3.05, 3.63) is 80.9 Å². The van der Waals surface area contributed by atoms with E-state index in [-0.39, 0.29) is 5.91 Å². The van der Waals surface area contributed by atoms with Gasteiger partial charge in [-0.05, 0) is 55.7 Å². The van der Waals surface area contributed by atoms with Crippen molar-refractivity contribution in [1.82, 2.24) is 19.9 Å². The highest BCUT2D eigenvalue weighted by Gasteiger charge is 2.20. The average Bonchev–Trinajstić information content (AvgIpc) is 3.45. The van der Waals surface area contributed by atoms with Crippen LogP contribution in [0, 0.1) is 13.8 Å². The Morgan fingerprint density at radius 1 is 1.12 bits per heavy atom. The minimum absolute atomic E-state index is 0.0157. The number of aryl methyl sites for hydroxylation is 2. The summed E-state index contributed by atoms with van der Waals surface area (Å²) in [5.74, 6) is 0.635. The van der Waals surface area contributed by atoms with Crippen molar-refractivity contribution in [2.75, 3.05) is 18.4 Å². The zero-order chi connectivity index (χ0) is 23.7. The number of nitrogens with one attached hydrogen (secondary N) is 1. The Labute approximate surface area is 211 Å². The molecular formula is C25H22ClN5OS2. The van der Waals surface area contributed by atoms with Crippen molar-refractivity contribution in [3.8, 4) is 10.6 Å². The highest BCUT2D eigenvalue weighted by atomic mass is 35.5. The average molecular weight is 508 g/mol. The summed E-state index contributed by atoms with van der Waals surface area (Å²) in [4.78, 5) is 29.5. The molecule has 1 aliphatic rings. The highest BCUT2D eigenvalue weighted by Crippen LogP contribution is 2.33. The molecule has 1 amide bonds. The molecular weight excluding hydrogens is 486 g/mol. The fraction of sp³-hybridized carbons (Fsp3) is 0.200. The first kappa shape index (κ1) is 22.7. The molecule has 4 aromatic rings. The number of amides is 1. The number of hydrogen-bond donors (Lipinski definition) is 1. The van der Waals surface area contributed by atoms with Crippen LogP contribution in [0.25, 0.3) is 16.1 Å². The maximum Gasteiger partial charge on any atom is 0.255 e. The topological polar surface area (TPSA) is 71.0 Å². The van der Waals surface area contributed by atoms with E-state index in [1.165, 1.54) is 16.9 Å². The summed E-state index contributed by atoms with van der Waals surface area (Å²) in [5, 5.41) is 7.75. The van der Waals surface area contributed by atoms with Gasteiger partial charge in [-0.2, -0.15) is 0 Å². The minimum atomic E-state index is -0.0157. The molecule has 0 unspecified atom stereocenters. The van der Waals surface area contributed by atoms with Crippen molar-refractivity contribution in [2.24, 2.45) is 0 Å². The quantitative estimate of drug-likeness (QED) is 0.329. The molecule has 0 spiro atoms. The summed E-state index contributed by atoms with van der Waals surface area (Å²) in [5.41, 5.74) is 4.88. The third kappa shape index (κ3) is 4.89. The van der Waals surface area contributed by atoms with Gasteiger partial charge in [0, 0.05) is 29.7 Å². The molecule has 6 nitrogen and oxygen atoms in total. The van der Waals surface area contributed by atoms with Crippen LogP contribution in [0.1, 0.15) is 33.0 Å². The number of pyridine rings is 1. The first-order valence-electron chi connectivity index (χ1n) is 10.8. The maximum absolute atomic E-state index is 13.0. The zero-order valence-corrected chi connectivity index (χ0v) is 21.1. The second kappa shape index (κ2) is 9.66. The predicted octanol–water partition coefficient (Wildman–Crippen LogP) is 6.60. The van der Waals surface area contributed by atoms with Crippen molar-refractivity contribution in [1.29, 1.82) is 0 Å². The Morgan fingerprint density at radius 2 is 1.94 bits per heavy atom. The lowest BCUT2D eigenvalue weighted by atomic mass is 9.99. The highest BCUT2D eigenvalue weighted by molar-refractivity contribution is 7.16. The summed E-state index contributed by atoms with van der Waals surface area (Å²) in [7, 11) is 0. The molecule has 0 saturated carbocycles. The van der Waals surface area contributed by atoms with Crippen molar-refractivity contribution < 1.29 is 4.79 Å². The van der Waals surface area contributed by atoms with Gasteiger partial charge in [0.2, 0.25) is 0 Å². The second-order valence-corrected chi connectivity index (χ2v) is 10.5. The standard InChI is InChI=1S/C25H22ClN5OS2/c1-15-23(34-16(2)28-15)21-14-33-25(29-21)30-22-8-5-19(13-27-22)24(32)31-11-9-18(10-12-31)17-3-6-20(26)7-4-17/h3-9,13-14H,10-12H2,1-2H3,(H,27,29,30). The SMILES string of the molecule is Cc1nc(C)c(-c2csc(Nc3ccc(C(=O)N4CC=C(c5ccc(Cl)cc5)CC4)cn3)n2)s1. The second-order valence-electron chi connectivity index (χ2n) is 7.98. The molecule has 4 heterocycles. The lowest BCUT2D eigenvalue weighted by Crippen LogP contribution is -2.34. The van der Waals surface area contributed by atoms with Crippen molar-refractivity contribution >= 4 is 56.7 Å². The molecule has 0 atom stereocenters. The lowest BCUT2D eigenvalue weighted by Gasteiger charge is -2.26. The van der Waals surface area contributed by atoms with Crippen LogP contribution in [-0.4, -0.2) is 38.8 Å². The summed E-state index contributed by atoms with van der Waals surface area (Å²) in [6.07, 6.45) is 4.54. The molecule has 5 rings (SSSR count). The van der Waals surface area contributed by atoms with Gasteiger partial charge in [-0.25, -0.2) is 15.0 Å². The molecule has 9 heteroatoms. The molecule has 0 bridgehead atoms. The fourth-order valence-electron chi connectivity index (χ4n) is 3.87. The van der Waals surface area contributed by atoms with Gasteiger partial charge < -0.3 is 10.2 Å². The van der Waals surface area contributed by atoms with Crippen molar-refractivity contribution in [3.63, 3.8) is 0 Å². The van der Waals surface area contributed by atoms with E-state index in [1.807, 2.05) is 54.5 Å². The van der Waals surface area contributed by atoms with Crippen LogP contribution in [0.2, 0.25) is 5.02 Å². The Hall–Kier alpha value is -3.07. The normalized spacial score (nSPS) is 13.6. The van der Waals surface area contributed by atoms with Crippen LogP contribution in [-0.2, 0) is 0 Å². The summed E-state index contributed by atoms with van der Waals surface area (Å²) in [6.45, 7) is 5.25. The van der Waals surface area contributed by atoms with Crippen LogP contribution >= 0.6 is 34.3 Å². The van der Waals surface area contributed by atoms with Gasteiger partial charge in [-0.3, -0.25) is 4.79 Å². The molecule has 0 fully saturated rings. The first-order chi connectivity index (χ1) is 16.5. The molecule has 0 saturated heterocycles. The van der Waals surface area contributed by atoms with Crippen LogP contribution in [0.15, 0.2) is 54.1 Å². The summed E-state index contributed by atoms with van der Waals surface area (Å²) < 4.78 is 0. The molecule has 172 valence electrons. The number of nitrogens with zero attached hydrogens (tertiary/aromatic N) is 4. The third-order valence-electron chi connectivity index (χ3n) is 5.60. The van der Waals surface area contributed by atoms with Crippen LogP contribution in [0.4, 0.5) is 10.9 Å². The van der Waals surface area contributed by atoms with Crippen LogP contribution in [0.5, 0.6) is 0 Å². The van der Waals surface area contributed by atoms with Gasteiger partial charge >= 0.3 is 0 Å². The van der Waals surface area contributed by atoms with E-state index in [4.69, 9.17) is 11.6 Å². The van der Waals surface area contributed by atoms with E-state index in [9.17, 15) is 4.79 Å². The van der Waals surface area contributed by atoms with E-state index in [0.717, 1.165) is 43.4 Å². The summed E-state index contributed by atoms with van der Waals surface area (Å²) >= 11 is 9.15. The monoisotopic (exact) mass is 507 g/mol. The Morgan fingerprint density at radius 3 is 2.59 bits per heavy atom. The number of benzene rings is 1. The predicted molar refractivity (Wildman–Crippen MR) is 140 cm³/mol. The van der Waals surface area contributed by atoms with Crippen LogP contribution in [0.3, 0.4) is 0 Å². The third-order valence-corrected chi connectivity index (χ3v) is 7.70. The number of carbonyl (C=O) groups excluding carboxylic acids is 1. The van der Waals surface area contributed by atoms with Gasteiger partial charge in [-0.1, -0.05) is 29.8 Å². The van der Waals surface area contributed by atoms with Gasteiger partial charge in [0.1, 0.15) is 5.82 Å². The molecule has 1 aromatic carbocycles. The molecule has 1 aliphatic heterocycles. The molecule has 0 radical (unpaired) electrons. The van der Waals surface area contributed by atoms with E-state index < -0.39 is 0 Å². The smallest absolute Gasteiger partial charge is 0.255 e. The van der Waals surface area contributed by atoms with Crippen LogP contribution < -0.4 is 5.32 Å². The Kier molecular flexibility index (Phi) is 6.45. The number of aromatic nitrogens is 3. The number of hydrogen-bond acceptors (Lipinski definition) is 7. The van der Waals surface area contributed by atoms with Crippen molar-refractivity contribution in [2.45, 2.75) is 20.3 Å². The number of rotatable bonds is 5. The Bertz CT molecular complexity index is 1360. The summed E-state index contributed by atoms with van der Waals surface area (Å²) in [6, 6.07) is 11.4. The molecule has 34 heavy (non-hydrogen) atoms. The van der Waals surface area contributed by atoms with E-state index in [0.29, 0.717) is 24.5 Å². The molecule has 1 N–H and O–H groups in total. The van der Waals surface area contributed by atoms with Gasteiger partial charge in [0.15, 0.2) is 5.13 Å². The van der Waals surface area contributed by atoms with E-state index >= 15 is 0 Å². The van der Waals surface area contributed by atoms with Gasteiger partial charge in [0.25, 0.3) is 5.91 Å². The molecule has 3 aromatic heterocycles. The van der Waals surface area contributed by atoms with E-state index in [2.05, 4.69) is 26.3 Å². The number of halogens is 1. The Balaban J connectivity index is 1.22.